The summed E-state index contributed by atoms with van der Waals surface area (Å²) in [5.74, 6) is 0.101. The molecule has 1 unspecified atom stereocenters. The zero-order valence-electron chi connectivity index (χ0n) is 12.2. The summed E-state index contributed by atoms with van der Waals surface area (Å²) in [6, 6.07) is 4.24. The van der Waals surface area contributed by atoms with Crippen molar-refractivity contribution in [3.8, 4) is 5.75 Å². The number of carbonyl (C=O) groups is 1. The molecule has 114 valence electrons. The van der Waals surface area contributed by atoms with Gasteiger partial charge in [0.25, 0.3) is 11.6 Å². The van der Waals surface area contributed by atoms with Crippen molar-refractivity contribution >= 4 is 11.6 Å². The molecule has 1 saturated heterocycles. The van der Waals surface area contributed by atoms with Crippen LogP contribution in [-0.4, -0.2) is 49.0 Å². The van der Waals surface area contributed by atoms with Crippen LogP contribution in [0.3, 0.4) is 0 Å². The van der Waals surface area contributed by atoms with Crippen LogP contribution in [0.1, 0.15) is 23.2 Å². The van der Waals surface area contributed by atoms with Crippen LogP contribution >= 0.6 is 0 Å². The van der Waals surface area contributed by atoms with E-state index >= 15 is 0 Å². The highest BCUT2D eigenvalue weighted by Crippen LogP contribution is 2.28. The number of nitro benzene ring substituents is 1. The minimum atomic E-state index is -0.504. The third kappa shape index (κ3) is 3.13. The van der Waals surface area contributed by atoms with E-state index in [1.54, 1.807) is 4.90 Å². The molecule has 1 amide bonds. The molecule has 1 aromatic rings. The van der Waals surface area contributed by atoms with Gasteiger partial charge in [0.2, 0.25) is 0 Å². The second-order valence-corrected chi connectivity index (χ2v) is 4.99. The van der Waals surface area contributed by atoms with Gasteiger partial charge >= 0.3 is 0 Å². The molecule has 7 heteroatoms. The van der Waals surface area contributed by atoms with Crippen LogP contribution in [0.4, 0.5) is 5.69 Å². The fraction of sp³-hybridized carbons (Fsp3) is 0.500. The Labute approximate surface area is 123 Å². The van der Waals surface area contributed by atoms with Gasteiger partial charge in [0, 0.05) is 25.2 Å². The number of carbonyl (C=O) groups excluding carboxylic acids is 1. The second-order valence-electron chi connectivity index (χ2n) is 4.99. The minimum Gasteiger partial charge on any atom is -0.496 e. The van der Waals surface area contributed by atoms with Gasteiger partial charge in [-0.3, -0.25) is 14.9 Å². The summed E-state index contributed by atoms with van der Waals surface area (Å²) in [7, 11) is 3.26. The first-order valence-electron chi connectivity index (χ1n) is 6.86. The molecule has 0 saturated carbocycles. The van der Waals surface area contributed by atoms with Gasteiger partial charge in [0.15, 0.2) is 0 Å². The molecule has 1 atom stereocenters. The molecule has 1 aliphatic heterocycles. The van der Waals surface area contributed by atoms with Gasteiger partial charge in [-0.25, -0.2) is 0 Å². The number of benzene rings is 1. The molecule has 0 spiro atoms. The molecule has 1 aromatic carbocycles. The number of methoxy groups -OCH3 is 1. The maximum absolute atomic E-state index is 12.6. The van der Waals surface area contributed by atoms with E-state index < -0.39 is 4.92 Å². The smallest absolute Gasteiger partial charge is 0.273 e. The fourth-order valence-electron chi connectivity index (χ4n) is 2.68. The molecule has 0 radical (unpaired) electrons. The number of nitrogens with zero attached hydrogens (tertiary/aromatic N) is 2. The van der Waals surface area contributed by atoms with Gasteiger partial charge in [0.05, 0.1) is 23.7 Å². The summed E-state index contributed by atoms with van der Waals surface area (Å²) in [5.41, 5.74) is 0.280. The Morgan fingerprint density at radius 3 is 2.95 bits per heavy atom. The largest absolute Gasteiger partial charge is 0.496 e. The van der Waals surface area contributed by atoms with Gasteiger partial charge in [-0.2, -0.15) is 0 Å². The summed E-state index contributed by atoms with van der Waals surface area (Å²) >= 11 is 0. The number of nitro groups is 1. The van der Waals surface area contributed by atoms with E-state index in [0.717, 1.165) is 19.4 Å². The number of amides is 1. The number of non-ortho nitro benzene ring substituents is 1. The zero-order valence-corrected chi connectivity index (χ0v) is 12.2. The Kier molecular flexibility index (Phi) is 4.74. The lowest BCUT2D eigenvalue weighted by molar-refractivity contribution is -0.384. The molecule has 21 heavy (non-hydrogen) atoms. The third-order valence-electron chi connectivity index (χ3n) is 3.70. The summed E-state index contributed by atoms with van der Waals surface area (Å²) in [5, 5.41) is 13.9. The van der Waals surface area contributed by atoms with E-state index in [4.69, 9.17) is 4.74 Å². The average molecular weight is 293 g/mol. The molecule has 1 fully saturated rings. The number of likely N-dealkylation sites (N-methyl/N-ethyl adjacent to an activating group) is 1. The zero-order chi connectivity index (χ0) is 15.4. The van der Waals surface area contributed by atoms with Crippen LogP contribution < -0.4 is 10.1 Å². The Bertz CT molecular complexity index is 547. The molecule has 1 N–H and O–H groups in total. The summed E-state index contributed by atoms with van der Waals surface area (Å²) in [6.45, 7) is 1.44. The molecule has 1 heterocycles. The highest BCUT2D eigenvalue weighted by atomic mass is 16.6. The topological polar surface area (TPSA) is 84.7 Å². The fourth-order valence-corrected chi connectivity index (χ4v) is 2.68. The first-order chi connectivity index (χ1) is 10.1. The molecule has 0 aliphatic carbocycles. The number of hydrogen-bond donors (Lipinski definition) is 1. The SMILES string of the molecule is CNCC1CCCN1C(=O)c1ccc([N+](=O)[O-])cc1OC. The second kappa shape index (κ2) is 6.53. The van der Waals surface area contributed by atoms with Crippen LogP contribution in [0.2, 0.25) is 0 Å². The number of rotatable bonds is 5. The molecule has 2 rings (SSSR count). The lowest BCUT2D eigenvalue weighted by Crippen LogP contribution is -2.40. The van der Waals surface area contributed by atoms with Gasteiger partial charge in [-0.1, -0.05) is 0 Å². The quantitative estimate of drug-likeness (QED) is 0.655. The monoisotopic (exact) mass is 293 g/mol. The first kappa shape index (κ1) is 15.2. The number of likely N-dealkylation sites (tertiary alicyclic amines) is 1. The first-order valence-corrected chi connectivity index (χ1v) is 6.86. The van der Waals surface area contributed by atoms with Crippen LogP contribution in [0.15, 0.2) is 18.2 Å². The van der Waals surface area contributed by atoms with Crippen molar-refractivity contribution in [1.29, 1.82) is 0 Å². The predicted octanol–water partition coefficient (Wildman–Crippen LogP) is 1.43. The summed E-state index contributed by atoms with van der Waals surface area (Å²) in [4.78, 5) is 24.7. The number of ether oxygens (including phenoxy) is 1. The molecular formula is C14H19N3O4. The van der Waals surface area contributed by atoms with E-state index in [1.165, 1.54) is 25.3 Å². The standard InChI is InChI=1S/C14H19N3O4/c1-15-9-11-4-3-7-16(11)14(18)12-6-5-10(17(19)20)8-13(12)21-2/h5-6,8,11,15H,3-4,7,9H2,1-2H3. The maximum Gasteiger partial charge on any atom is 0.273 e. The van der Waals surface area contributed by atoms with Crippen LogP contribution in [0.5, 0.6) is 5.75 Å². The highest BCUT2D eigenvalue weighted by molar-refractivity contribution is 5.97. The minimum absolute atomic E-state index is 0.0865. The van der Waals surface area contributed by atoms with E-state index in [0.29, 0.717) is 12.1 Å². The van der Waals surface area contributed by atoms with Crippen molar-refractivity contribution in [2.75, 3.05) is 27.2 Å². The molecule has 1 aliphatic rings. The van der Waals surface area contributed by atoms with Crippen LogP contribution in [0, 0.1) is 10.1 Å². The lowest BCUT2D eigenvalue weighted by atomic mass is 10.1. The predicted molar refractivity (Wildman–Crippen MR) is 77.6 cm³/mol. The Morgan fingerprint density at radius 2 is 2.33 bits per heavy atom. The van der Waals surface area contributed by atoms with E-state index in [1.807, 2.05) is 7.05 Å². The van der Waals surface area contributed by atoms with Crippen molar-refractivity contribution in [3.63, 3.8) is 0 Å². The average Bonchev–Trinajstić information content (AvgIpc) is 2.94. The third-order valence-corrected chi connectivity index (χ3v) is 3.70. The van der Waals surface area contributed by atoms with Gasteiger partial charge < -0.3 is 15.0 Å². The molecule has 7 nitrogen and oxygen atoms in total. The van der Waals surface area contributed by atoms with Crippen LogP contribution in [0.25, 0.3) is 0 Å². The van der Waals surface area contributed by atoms with Crippen molar-refractivity contribution in [1.82, 2.24) is 10.2 Å². The van der Waals surface area contributed by atoms with E-state index in [9.17, 15) is 14.9 Å². The number of nitrogens with one attached hydrogen (secondary N) is 1. The lowest BCUT2D eigenvalue weighted by Gasteiger charge is -2.25. The van der Waals surface area contributed by atoms with E-state index in [2.05, 4.69) is 5.32 Å². The van der Waals surface area contributed by atoms with Gasteiger partial charge in [-0.15, -0.1) is 0 Å². The molecular weight excluding hydrogens is 274 g/mol. The normalized spacial score (nSPS) is 17.8. The van der Waals surface area contributed by atoms with Gasteiger partial charge in [0.1, 0.15) is 5.75 Å². The van der Waals surface area contributed by atoms with Crippen LogP contribution in [-0.2, 0) is 0 Å². The summed E-state index contributed by atoms with van der Waals surface area (Å²) in [6.07, 6.45) is 1.93. The maximum atomic E-state index is 12.6. The van der Waals surface area contributed by atoms with E-state index in [-0.39, 0.29) is 23.4 Å². The molecule has 0 bridgehead atoms. The highest BCUT2D eigenvalue weighted by Gasteiger charge is 2.30. The van der Waals surface area contributed by atoms with Crippen molar-refractivity contribution in [2.24, 2.45) is 0 Å². The van der Waals surface area contributed by atoms with Gasteiger partial charge in [-0.05, 0) is 26.0 Å². The van der Waals surface area contributed by atoms with Crippen molar-refractivity contribution in [2.45, 2.75) is 18.9 Å². The van der Waals surface area contributed by atoms with Crippen molar-refractivity contribution < 1.29 is 14.5 Å². The Balaban J connectivity index is 2.28. The summed E-state index contributed by atoms with van der Waals surface area (Å²) < 4.78 is 5.14. The Morgan fingerprint density at radius 1 is 1.57 bits per heavy atom. The Hall–Kier alpha value is -2.15. The molecule has 0 aromatic heterocycles. The van der Waals surface area contributed by atoms with Crippen molar-refractivity contribution in [3.05, 3.63) is 33.9 Å². The number of hydrogen-bond acceptors (Lipinski definition) is 5.